The lowest BCUT2D eigenvalue weighted by Crippen LogP contribution is -2.14. The van der Waals surface area contributed by atoms with Gasteiger partial charge in [-0.15, -0.1) is 10.2 Å². The molecule has 0 radical (unpaired) electrons. The van der Waals surface area contributed by atoms with E-state index >= 15 is 0 Å². The summed E-state index contributed by atoms with van der Waals surface area (Å²) in [4.78, 5) is 12.2. The minimum absolute atomic E-state index is 0.179. The molecule has 0 fully saturated rings. The van der Waals surface area contributed by atoms with Crippen LogP contribution in [-0.2, 0) is 11.3 Å². The predicted octanol–water partition coefficient (Wildman–Crippen LogP) is 5.36. The number of furan rings is 1. The molecule has 1 amide bonds. The molecular weight excluding hydrogens is 463 g/mol. The third-order valence-corrected chi connectivity index (χ3v) is 5.49. The number of benzene rings is 1. The number of carbonyl (C=O) groups excluding carboxylic acids is 1. The number of hydrogen-bond donors (Lipinski definition) is 1. The van der Waals surface area contributed by atoms with Crippen molar-refractivity contribution >= 4 is 62.5 Å². The van der Waals surface area contributed by atoms with Crippen LogP contribution in [0.2, 0.25) is 10.0 Å². The molecular formula is C16H13BrCl2N4O2S. The zero-order valence-corrected chi connectivity index (χ0v) is 17.4. The molecule has 2 aromatic heterocycles. The van der Waals surface area contributed by atoms with Gasteiger partial charge in [0, 0.05) is 12.2 Å². The van der Waals surface area contributed by atoms with Crippen LogP contribution in [0, 0.1) is 0 Å². The van der Waals surface area contributed by atoms with E-state index in [0.29, 0.717) is 43.7 Å². The van der Waals surface area contributed by atoms with Crippen molar-refractivity contribution in [2.24, 2.45) is 0 Å². The van der Waals surface area contributed by atoms with E-state index in [9.17, 15) is 4.79 Å². The molecule has 3 aromatic rings. The smallest absolute Gasteiger partial charge is 0.234 e. The lowest BCUT2D eigenvalue weighted by Gasteiger charge is -2.07. The quantitative estimate of drug-likeness (QED) is 0.486. The third kappa shape index (κ3) is 4.43. The van der Waals surface area contributed by atoms with Crippen molar-refractivity contribution < 1.29 is 9.21 Å². The number of anilines is 1. The van der Waals surface area contributed by atoms with Gasteiger partial charge >= 0.3 is 0 Å². The maximum absolute atomic E-state index is 12.2. The van der Waals surface area contributed by atoms with Crippen molar-refractivity contribution in [2.45, 2.75) is 18.6 Å². The maximum atomic E-state index is 12.2. The molecule has 0 aliphatic rings. The number of aromatic nitrogens is 3. The summed E-state index contributed by atoms with van der Waals surface area (Å²) in [5, 5.41) is 12.6. The fourth-order valence-corrected chi connectivity index (χ4v) is 3.61. The molecule has 1 N–H and O–H groups in total. The summed E-state index contributed by atoms with van der Waals surface area (Å²) in [6.07, 6.45) is 0. The summed E-state index contributed by atoms with van der Waals surface area (Å²) in [5.41, 5.74) is 0.586. The van der Waals surface area contributed by atoms with Gasteiger partial charge in [-0.1, -0.05) is 35.0 Å². The average Bonchev–Trinajstić information content (AvgIpc) is 3.21. The molecule has 136 valence electrons. The first kappa shape index (κ1) is 19.3. The predicted molar refractivity (Wildman–Crippen MR) is 107 cm³/mol. The summed E-state index contributed by atoms with van der Waals surface area (Å²) in [7, 11) is 0. The number of nitrogens with one attached hydrogen (secondary N) is 1. The number of amides is 1. The van der Waals surface area contributed by atoms with E-state index in [1.807, 2.05) is 17.6 Å². The first-order valence-corrected chi connectivity index (χ1v) is 10.1. The molecule has 2 heterocycles. The number of hydrogen-bond acceptors (Lipinski definition) is 5. The van der Waals surface area contributed by atoms with Crippen LogP contribution in [0.15, 0.2) is 44.6 Å². The van der Waals surface area contributed by atoms with Gasteiger partial charge in [-0.25, -0.2) is 0 Å². The molecule has 0 aliphatic heterocycles. The summed E-state index contributed by atoms with van der Waals surface area (Å²) in [6.45, 7) is 2.63. The topological polar surface area (TPSA) is 73.0 Å². The van der Waals surface area contributed by atoms with Gasteiger partial charge in [0.1, 0.15) is 0 Å². The fourth-order valence-electron chi connectivity index (χ4n) is 2.20. The molecule has 10 heteroatoms. The molecule has 0 unspecified atom stereocenters. The summed E-state index contributed by atoms with van der Waals surface area (Å²) in [6, 6.07) is 8.54. The van der Waals surface area contributed by atoms with E-state index in [1.165, 1.54) is 11.8 Å². The van der Waals surface area contributed by atoms with E-state index in [4.69, 9.17) is 27.6 Å². The highest BCUT2D eigenvalue weighted by atomic mass is 79.9. The zero-order chi connectivity index (χ0) is 18.7. The Balaban J connectivity index is 1.66. The summed E-state index contributed by atoms with van der Waals surface area (Å²) < 4.78 is 8.04. The Morgan fingerprint density at radius 1 is 1.27 bits per heavy atom. The highest BCUT2D eigenvalue weighted by Gasteiger charge is 2.17. The van der Waals surface area contributed by atoms with Crippen molar-refractivity contribution in [3.05, 3.63) is 45.0 Å². The number of thioether (sulfide) groups is 1. The number of rotatable bonds is 6. The SMILES string of the molecule is CCn1c(SCC(=O)Nc2ccc(Cl)c(Cl)c2)nnc1-c1ccc(Br)o1. The highest BCUT2D eigenvalue weighted by Crippen LogP contribution is 2.28. The minimum atomic E-state index is -0.179. The van der Waals surface area contributed by atoms with Crippen LogP contribution in [-0.4, -0.2) is 26.4 Å². The molecule has 0 aliphatic carbocycles. The standard InChI is InChI=1S/C16H13BrCl2N4O2S/c1-2-23-15(12-5-6-13(17)25-12)21-22-16(23)26-8-14(24)20-9-3-4-10(18)11(19)7-9/h3-7H,2,8H2,1H3,(H,20,24). The zero-order valence-electron chi connectivity index (χ0n) is 13.5. The molecule has 0 atom stereocenters. The largest absolute Gasteiger partial charge is 0.446 e. The highest BCUT2D eigenvalue weighted by molar-refractivity contribution is 9.10. The molecule has 26 heavy (non-hydrogen) atoms. The lowest BCUT2D eigenvalue weighted by molar-refractivity contribution is -0.113. The third-order valence-electron chi connectivity index (χ3n) is 3.36. The van der Waals surface area contributed by atoms with E-state index < -0.39 is 0 Å². The van der Waals surface area contributed by atoms with Crippen LogP contribution in [0.4, 0.5) is 5.69 Å². The van der Waals surface area contributed by atoms with Gasteiger partial charge in [0.05, 0.1) is 15.8 Å². The van der Waals surface area contributed by atoms with Gasteiger partial charge < -0.3 is 9.73 Å². The van der Waals surface area contributed by atoms with Crippen LogP contribution in [0.25, 0.3) is 11.6 Å². The molecule has 6 nitrogen and oxygen atoms in total. The number of halogens is 3. The van der Waals surface area contributed by atoms with Crippen LogP contribution in [0.3, 0.4) is 0 Å². The lowest BCUT2D eigenvalue weighted by atomic mass is 10.3. The van der Waals surface area contributed by atoms with Crippen LogP contribution >= 0.6 is 50.9 Å². The van der Waals surface area contributed by atoms with E-state index in [2.05, 4.69) is 31.4 Å². The average molecular weight is 476 g/mol. The monoisotopic (exact) mass is 474 g/mol. The fraction of sp³-hybridized carbons (Fsp3) is 0.188. The Kier molecular flexibility index (Phi) is 6.29. The second-order valence-electron chi connectivity index (χ2n) is 5.12. The van der Waals surface area contributed by atoms with Crippen molar-refractivity contribution in [3.8, 4) is 11.6 Å². The summed E-state index contributed by atoms with van der Waals surface area (Å²) >= 11 is 16.4. The maximum Gasteiger partial charge on any atom is 0.234 e. The van der Waals surface area contributed by atoms with E-state index in [1.54, 1.807) is 24.3 Å². The van der Waals surface area contributed by atoms with Crippen molar-refractivity contribution in [2.75, 3.05) is 11.1 Å². The van der Waals surface area contributed by atoms with Crippen molar-refractivity contribution in [1.82, 2.24) is 14.8 Å². The van der Waals surface area contributed by atoms with Gasteiger partial charge in [0.15, 0.2) is 15.6 Å². The van der Waals surface area contributed by atoms with Crippen LogP contribution in [0.5, 0.6) is 0 Å². The summed E-state index contributed by atoms with van der Waals surface area (Å²) in [5.74, 6) is 1.23. The van der Waals surface area contributed by atoms with Crippen molar-refractivity contribution in [3.63, 3.8) is 0 Å². The van der Waals surface area contributed by atoms with Crippen molar-refractivity contribution in [1.29, 1.82) is 0 Å². The Morgan fingerprint density at radius 2 is 2.08 bits per heavy atom. The van der Waals surface area contributed by atoms with E-state index in [-0.39, 0.29) is 11.7 Å². The molecule has 0 saturated carbocycles. The molecule has 0 spiro atoms. The number of nitrogens with zero attached hydrogens (tertiary/aromatic N) is 3. The molecule has 0 bridgehead atoms. The van der Waals surface area contributed by atoms with Gasteiger partial charge in [0.25, 0.3) is 0 Å². The Hall–Kier alpha value is -1.48. The second-order valence-corrected chi connectivity index (χ2v) is 7.66. The second kappa shape index (κ2) is 8.47. The first-order chi connectivity index (χ1) is 12.5. The first-order valence-electron chi connectivity index (χ1n) is 7.54. The van der Waals surface area contributed by atoms with Gasteiger partial charge in [0.2, 0.25) is 11.7 Å². The van der Waals surface area contributed by atoms with Gasteiger partial charge in [-0.05, 0) is 53.2 Å². The van der Waals surface area contributed by atoms with Crippen LogP contribution < -0.4 is 5.32 Å². The molecule has 1 aromatic carbocycles. The molecule has 3 rings (SSSR count). The minimum Gasteiger partial charge on any atom is -0.446 e. The van der Waals surface area contributed by atoms with E-state index in [0.717, 1.165) is 0 Å². The Labute approximate surface area is 172 Å². The number of carbonyl (C=O) groups is 1. The molecule has 0 saturated heterocycles. The normalized spacial score (nSPS) is 10.9. The van der Waals surface area contributed by atoms with Crippen LogP contribution in [0.1, 0.15) is 6.92 Å². The van der Waals surface area contributed by atoms with Gasteiger partial charge in [-0.2, -0.15) is 0 Å². The Morgan fingerprint density at radius 3 is 2.73 bits per heavy atom. The Bertz CT molecular complexity index is 944. The van der Waals surface area contributed by atoms with Gasteiger partial charge in [-0.3, -0.25) is 9.36 Å².